The van der Waals surface area contributed by atoms with Crippen LogP contribution in [0.5, 0.6) is 0 Å². The van der Waals surface area contributed by atoms with Gasteiger partial charge in [0, 0.05) is 20.6 Å². The second-order valence-corrected chi connectivity index (χ2v) is 6.01. The summed E-state index contributed by atoms with van der Waals surface area (Å²) in [6.45, 7) is 1.85. The van der Waals surface area contributed by atoms with Gasteiger partial charge in [0.05, 0.1) is 11.0 Å². The molecule has 3 rings (SSSR count). The zero-order valence-corrected chi connectivity index (χ0v) is 13.3. The molecule has 0 radical (unpaired) electrons. The van der Waals surface area contributed by atoms with Crippen LogP contribution in [-0.4, -0.2) is 15.8 Å². The summed E-state index contributed by atoms with van der Waals surface area (Å²) in [4.78, 5) is 29.2. The number of hydrogen-bond donors (Lipinski definition) is 2. The van der Waals surface area contributed by atoms with Gasteiger partial charge in [-0.25, -0.2) is 4.79 Å². The molecule has 0 atom stereocenters. The molecule has 6 heteroatoms. The smallest absolute Gasteiger partial charge is 0.306 e. The Morgan fingerprint density at radius 3 is 2.48 bits per heavy atom. The maximum atomic E-state index is 12.6. The summed E-state index contributed by atoms with van der Waals surface area (Å²) in [6.07, 6.45) is 0. The minimum absolute atomic E-state index is 0.134. The quantitative estimate of drug-likeness (QED) is 0.678. The highest BCUT2D eigenvalue weighted by atomic mass is 79.9. The molecule has 106 valence electrons. The van der Waals surface area contributed by atoms with E-state index < -0.39 is 0 Å². The average Bonchev–Trinajstić information content (AvgIpc) is 2.79. The third-order valence-electron chi connectivity index (χ3n) is 3.27. The number of benzene rings is 2. The number of ketones is 1. The number of carbonyl (C=O) groups is 1. The number of hydrogen-bond acceptors (Lipinski definition) is 2. The first-order valence-electron chi connectivity index (χ1n) is 6.18. The van der Waals surface area contributed by atoms with Crippen molar-refractivity contribution < 1.29 is 4.79 Å². The van der Waals surface area contributed by atoms with Gasteiger partial charge in [-0.2, -0.15) is 0 Å². The summed E-state index contributed by atoms with van der Waals surface area (Å²) < 4.78 is 0.628. The van der Waals surface area contributed by atoms with E-state index in [9.17, 15) is 9.59 Å². The molecule has 0 bridgehead atoms. The van der Waals surface area contributed by atoms with E-state index in [2.05, 4.69) is 25.9 Å². The normalized spacial score (nSPS) is 11.0. The molecule has 0 fully saturated rings. The van der Waals surface area contributed by atoms with E-state index in [4.69, 9.17) is 11.6 Å². The fourth-order valence-corrected chi connectivity index (χ4v) is 2.81. The Morgan fingerprint density at radius 2 is 1.81 bits per heavy atom. The van der Waals surface area contributed by atoms with E-state index in [0.717, 1.165) is 5.56 Å². The molecule has 3 aromatic rings. The van der Waals surface area contributed by atoms with Gasteiger partial charge >= 0.3 is 5.69 Å². The predicted molar refractivity (Wildman–Crippen MR) is 86.2 cm³/mol. The van der Waals surface area contributed by atoms with Gasteiger partial charge in [-0.15, -0.1) is 0 Å². The predicted octanol–water partition coefficient (Wildman–Crippen LogP) is 3.81. The number of H-pyrrole nitrogens is 2. The molecule has 21 heavy (non-hydrogen) atoms. The van der Waals surface area contributed by atoms with Crippen molar-refractivity contribution in [2.45, 2.75) is 6.92 Å². The molecule has 4 nitrogen and oxygen atoms in total. The van der Waals surface area contributed by atoms with E-state index in [-0.39, 0.29) is 11.5 Å². The minimum Gasteiger partial charge on any atom is -0.306 e. The lowest BCUT2D eigenvalue weighted by Gasteiger charge is -2.06. The first-order chi connectivity index (χ1) is 9.95. The first-order valence-corrected chi connectivity index (χ1v) is 7.35. The largest absolute Gasteiger partial charge is 0.323 e. The molecular formula is C15H10BrClN2O2. The summed E-state index contributed by atoms with van der Waals surface area (Å²) in [5.41, 5.74) is 2.82. The van der Waals surface area contributed by atoms with E-state index >= 15 is 0 Å². The van der Waals surface area contributed by atoms with Crippen LogP contribution in [0.1, 0.15) is 21.5 Å². The van der Waals surface area contributed by atoms with E-state index in [1.165, 1.54) is 0 Å². The van der Waals surface area contributed by atoms with Crippen LogP contribution >= 0.6 is 27.5 Å². The minimum atomic E-state index is -0.302. The van der Waals surface area contributed by atoms with Crippen LogP contribution in [-0.2, 0) is 0 Å². The van der Waals surface area contributed by atoms with Crippen LogP contribution < -0.4 is 5.69 Å². The van der Waals surface area contributed by atoms with Crippen LogP contribution in [0.3, 0.4) is 0 Å². The summed E-state index contributed by atoms with van der Waals surface area (Å²) in [5, 5.41) is 0.621. The monoisotopic (exact) mass is 364 g/mol. The first kappa shape index (κ1) is 14.1. The molecule has 1 heterocycles. The molecular weight excluding hydrogens is 356 g/mol. The fourth-order valence-electron chi connectivity index (χ4n) is 2.17. The Kier molecular flexibility index (Phi) is 3.47. The Hall–Kier alpha value is -1.85. The SMILES string of the molecule is Cc1cc(C(=O)c2cc3[nH]c(=O)[nH]c3cc2Br)ccc1Cl. The van der Waals surface area contributed by atoms with Crippen molar-refractivity contribution in [3.63, 3.8) is 0 Å². The third-order valence-corrected chi connectivity index (χ3v) is 4.35. The highest BCUT2D eigenvalue weighted by Crippen LogP contribution is 2.25. The summed E-state index contributed by atoms with van der Waals surface area (Å²) >= 11 is 9.35. The Bertz CT molecular complexity index is 927. The molecule has 0 aliphatic rings. The Labute approximate surface area is 133 Å². The molecule has 1 aromatic heterocycles. The van der Waals surface area contributed by atoms with Crippen LogP contribution in [0, 0.1) is 6.92 Å². The topological polar surface area (TPSA) is 65.7 Å². The number of rotatable bonds is 2. The fraction of sp³-hybridized carbons (Fsp3) is 0.0667. The lowest BCUT2D eigenvalue weighted by atomic mass is 10.0. The number of aromatic amines is 2. The maximum Gasteiger partial charge on any atom is 0.323 e. The highest BCUT2D eigenvalue weighted by molar-refractivity contribution is 9.10. The van der Waals surface area contributed by atoms with Crippen molar-refractivity contribution in [3.8, 4) is 0 Å². The van der Waals surface area contributed by atoms with Crippen LogP contribution in [0.2, 0.25) is 5.02 Å². The molecule has 2 N–H and O–H groups in total. The van der Waals surface area contributed by atoms with Crippen molar-refractivity contribution in [1.29, 1.82) is 0 Å². The molecule has 0 aliphatic heterocycles. The zero-order chi connectivity index (χ0) is 15.1. The standard InChI is InChI=1S/C15H10BrClN2O2/c1-7-4-8(2-3-11(7)17)14(20)9-5-12-13(6-10(9)16)19-15(21)18-12/h2-6H,1H3,(H2,18,19,21). The summed E-state index contributed by atoms with van der Waals surface area (Å²) in [6, 6.07) is 8.51. The van der Waals surface area contributed by atoms with Gasteiger partial charge in [0.25, 0.3) is 0 Å². The van der Waals surface area contributed by atoms with Crippen molar-refractivity contribution in [1.82, 2.24) is 9.97 Å². The number of nitrogens with one attached hydrogen (secondary N) is 2. The number of aryl methyl sites for hydroxylation is 1. The number of carbonyl (C=O) groups excluding carboxylic acids is 1. The van der Waals surface area contributed by atoms with Crippen molar-refractivity contribution in [2.75, 3.05) is 0 Å². The zero-order valence-electron chi connectivity index (χ0n) is 11.0. The van der Waals surface area contributed by atoms with Crippen molar-refractivity contribution in [2.24, 2.45) is 0 Å². The molecule has 0 unspecified atom stereocenters. The van der Waals surface area contributed by atoms with E-state index in [1.807, 2.05) is 6.92 Å². The van der Waals surface area contributed by atoms with Crippen molar-refractivity contribution in [3.05, 3.63) is 67.0 Å². The van der Waals surface area contributed by atoms with Crippen LogP contribution in [0.4, 0.5) is 0 Å². The van der Waals surface area contributed by atoms with Crippen LogP contribution in [0.25, 0.3) is 11.0 Å². The third kappa shape index (κ3) is 2.54. The van der Waals surface area contributed by atoms with Gasteiger partial charge in [-0.3, -0.25) is 4.79 Å². The average molecular weight is 366 g/mol. The summed E-state index contributed by atoms with van der Waals surface area (Å²) in [7, 11) is 0. The Morgan fingerprint density at radius 1 is 1.14 bits per heavy atom. The van der Waals surface area contributed by atoms with Gasteiger partial charge < -0.3 is 9.97 Å². The lowest BCUT2D eigenvalue weighted by molar-refractivity contribution is 0.103. The number of fused-ring (bicyclic) bond motifs is 1. The Balaban J connectivity index is 2.14. The van der Waals surface area contributed by atoms with Gasteiger partial charge in [0.2, 0.25) is 0 Å². The maximum absolute atomic E-state index is 12.6. The molecule has 2 aromatic carbocycles. The molecule has 0 amide bonds. The van der Waals surface area contributed by atoms with Crippen LogP contribution in [0.15, 0.2) is 39.6 Å². The molecule has 0 saturated heterocycles. The highest BCUT2D eigenvalue weighted by Gasteiger charge is 2.15. The number of aromatic nitrogens is 2. The van der Waals surface area contributed by atoms with Gasteiger partial charge in [0.1, 0.15) is 0 Å². The van der Waals surface area contributed by atoms with E-state index in [0.29, 0.717) is 31.7 Å². The van der Waals surface area contributed by atoms with Gasteiger partial charge in [0.15, 0.2) is 5.78 Å². The number of halogens is 2. The second-order valence-electron chi connectivity index (χ2n) is 4.75. The molecule has 0 saturated carbocycles. The van der Waals surface area contributed by atoms with E-state index in [1.54, 1.807) is 30.3 Å². The van der Waals surface area contributed by atoms with Gasteiger partial charge in [-0.1, -0.05) is 11.6 Å². The van der Waals surface area contributed by atoms with Crippen molar-refractivity contribution >= 4 is 44.3 Å². The van der Waals surface area contributed by atoms with Gasteiger partial charge in [-0.05, 0) is 58.7 Å². The number of imidazole rings is 1. The molecule has 0 spiro atoms. The molecule has 0 aliphatic carbocycles. The second kappa shape index (κ2) is 5.16. The lowest BCUT2D eigenvalue weighted by Crippen LogP contribution is -2.03. The summed E-state index contributed by atoms with van der Waals surface area (Å²) in [5.74, 6) is -0.134.